The summed E-state index contributed by atoms with van der Waals surface area (Å²) in [5.74, 6) is 1.01. The van der Waals surface area contributed by atoms with Crippen molar-refractivity contribution in [2.24, 2.45) is 0 Å². The minimum Gasteiger partial charge on any atom is -0.486 e. The Balaban J connectivity index is 1.30. The normalized spacial score (nSPS) is 16.0. The van der Waals surface area contributed by atoms with Gasteiger partial charge in [0.05, 0.1) is 25.2 Å². The van der Waals surface area contributed by atoms with Crippen molar-refractivity contribution in [2.75, 3.05) is 56.6 Å². The third-order valence-corrected chi connectivity index (χ3v) is 7.27. The molecule has 0 atom stereocenters. The van der Waals surface area contributed by atoms with E-state index in [0.717, 1.165) is 44.7 Å². The predicted octanol–water partition coefficient (Wildman–Crippen LogP) is 2.15. The van der Waals surface area contributed by atoms with Crippen LogP contribution < -0.4 is 19.1 Å². The summed E-state index contributed by atoms with van der Waals surface area (Å²) in [6.07, 6.45) is 1.78. The summed E-state index contributed by atoms with van der Waals surface area (Å²) in [5, 5.41) is 2.98. The molecule has 35 heavy (non-hydrogen) atoms. The smallest absolute Gasteiger partial charge is 0.232 e. The number of carbonyl (C=O) groups excluding carboxylic acids is 1. The van der Waals surface area contributed by atoms with Gasteiger partial charge in [-0.2, -0.15) is 0 Å². The fourth-order valence-electron chi connectivity index (χ4n) is 4.22. The fourth-order valence-corrected chi connectivity index (χ4v) is 5.18. The molecule has 2 aliphatic rings. The zero-order chi connectivity index (χ0) is 24.7. The van der Waals surface area contributed by atoms with Crippen LogP contribution in [0, 0.1) is 0 Å². The summed E-state index contributed by atoms with van der Waals surface area (Å²) < 4.78 is 42.7. The summed E-state index contributed by atoms with van der Waals surface area (Å²) in [6, 6.07) is 13.2. The lowest BCUT2D eigenvalue weighted by molar-refractivity contribution is -0.121. The molecule has 4 rings (SSSR count). The average Bonchev–Trinajstić information content (AvgIpc) is 2.86. The molecule has 0 aliphatic carbocycles. The summed E-state index contributed by atoms with van der Waals surface area (Å²) in [5.41, 5.74) is 2.77. The predicted molar refractivity (Wildman–Crippen MR) is 133 cm³/mol. The monoisotopic (exact) mass is 503 g/mol. The molecule has 9 nitrogen and oxygen atoms in total. The highest BCUT2D eigenvalue weighted by Gasteiger charge is 2.21. The zero-order valence-electron chi connectivity index (χ0n) is 20.1. The second kappa shape index (κ2) is 11.7. The van der Waals surface area contributed by atoms with Crippen molar-refractivity contribution < 1.29 is 27.4 Å². The Kier molecular flexibility index (Phi) is 8.48. The Morgan fingerprint density at radius 1 is 1.00 bits per heavy atom. The number of fused-ring (bicyclic) bond motifs is 1. The molecule has 2 heterocycles. The number of morpholine rings is 1. The third-order valence-electron chi connectivity index (χ3n) is 6.07. The highest BCUT2D eigenvalue weighted by molar-refractivity contribution is 7.92. The molecule has 0 saturated carbocycles. The van der Waals surface area contributed by atoms with E-state index in [4.69, 9.17) is 14.2 Å². The second-order valence-corrected chi connectivity index (χ2v) is 10.6. The van der Waals surface area contributed by atoms with Crippen LogP contribution in [-0.2, 0) is 32.6 Å². The first-order valence-electron chi connectivity index (χ1n) is 11.9. The molecule has 2 aromatic carbocycles. The van der Waals surface area contributed by atoms with Crippen LogP contribution in [0.5, 0.6) is 11.5 Å². The van der Waals surface area contributed by atoms with Crippen molar-refractivity contribution in [3.8, 4) is 11.5 Å². The first-order chi connectivity index (χ1) is 16.9. The molecule has 2 aromatic rings. The van der Waals surface area contributed by atoms with Gasteiger partial charge < -0.3 is 19.5 Å². The molecular weight excluding hydrogens is 470 g/mol. The fraction of sp³-hybridized carbons (Fsp3) is 0.480. The van der Waals surface area contributed by atoms with Gasteiger partial charge in [-0.25, -0.2) is 8.42 Å². The molecule has 1 fully saturated rings. The second-order valence-electron chi connectivity index (χ2n) is 8.70. The van der Waals surface area contributed by atoms with Crippen molar-refractivity contribution in [3.05, 3.63) is 53.6 Å². The van der Waals surface area contributed by atoms with Gasteiger partial charge in [0.25, 0.3) is 0 Å². The van der Waals surface area contributed by atoms with Crippen LogP contribution in [0.1, 0.15) is 24.0 Å². The molecule has 0 aromatic heterocycles. The quantitative estimate of drug-likeness (QED) is 0.531. The summed E-state index contributed by atoms with van der Waals surface area (Å²) in [6.45, 7) is 5.65. The van der Waals surface area contributed by atoms with Gasteiger partial charge in [-0.1, -0.05) is 24.3 Å². The van der Waals surface area contributed by atoms with Gasteiger partial charge in [0.15, 0.2) is 11.5 Å². The van der Waals surface area contributed by atoms with Gasteiger partial charge in [0.1, 0.15) is 13.2 Å². The van der Waals surface area contributed by atoms with E-state index < -0.39 is 10.0 Å². The number of amides is 1. The number of sulfonamides is 1. The van der Waals surface area contributed by atoms with Crippen LogP contribution in [0.2, 0.25) is 0 Å². The number of hydrogen-bond donors (Lipinski definition) is 1. The molecule has 0 bridgehead atoms. The maximum atomic E-state index is 12.5. The van der Waals surface area contributed by atoms with Gasteiger partial charge >= 0.3 is 0 Å². The minimum absolute atomic E-state index is 0.109. The van der Waals surface area contributed by atoms with E-state index in [1.165, 1.54) is 9.87 Å². The maximum Gasteiger partial charge on any atom is 0.232 e. The standard InChI is InChI=1S/C25H33N3O6S/c1-35(30,31)28(22-8-9-23-24(17-22)34-16-15-33-23)10-4-7-25(29)26-18-20-5-2-3-6-21(20)19-27-11-13-32-14-12-27/h2-3,5-6,8-9,17H,4,7,10-16,18-19H2,1H3,(H,26,29). The summed E-state index contributed by atoms with van der Waals surface area (Å²) in [4.78, 5) is 14.9. The van der Waals surface area contributed by atoms with Gasteiger partial charge in [-0.3, -0.25) is 14.0 Å². The van der Waals surface area contributed by atoms with Crippen LogP contribution in [-0.4, -0.2) is 71.5 Å². The van der Waals surface area contributed by atoms with Gasteiger partial charge in [0, 0.05) is 45.2 Å². The number of anilines is 1. The molecule has 0 spiro atoms. The SMILES string of the molecule is CS(=O)(=O)N(CCCC(=O)NCc1ccccc1CN1CCOCC1)c1ccc2c(c1)OCCO2. The third kappa shape index (κ3) is 7.09. The van der Waals surface area contributed by atoms with E-state index >= 15 is 0 Å². The van der Waals surface area contributed by atoms with Gasteiger partial charge in [0.2, 0.25) is 15.9 Å². The lowest BCUT2D eigenvalue weighted by Crippen LogP contribution is -2.36. The van der Waals surface area contributed by atoms with E-state index in [0.29, 0.717) is 43.4 Å². The van der Waals surface area contributed by atoms with E-state index in [9.17, 15) is 13.2 Å². The molecule has 1 amide bonds. The zero-order valence-corrected chi connectivity index (χ0v) is 20.9. The Hall–Kier alpha value is -2.82. The van der Waals surface area contributed by atoms with Crippen LogP contribution >= 0.6 is 0 Å². The molecule has 0 unspecified atom stereocenters. The molecule has 1 saturated heterocycles. The number of nitrogens with zero attached hydrogens (tertiary/aromatic N) is 2. The Labute approximate surface area is 207 Å². The van der Waals surface area contributed by atoms with Crippen molar-refractivity contribution in [1.29, 1.82) is 0 Å². The summed E-state index contributed by atoms with van der Waals surface area (Å²) >= 11 is 0. The van der Waals surface area contributed by atoms with Gasteiger partial charge in [-0.15, -0.1) is 0 Å². The van der Waals surface area contributed by atoms with Crippen molar-refractivity contribution >= 4 is 21.6 Å². The number of ether oxygens (including phenoxy) is 3. The number of benzene rings is 2. The molecule has 190 valence electrons. The average molecular weight is 504 g/mol. The van der Waals surface area contributed by atoms with E-state index in [1.807, 2.05) is 18.2 Å². The summed E-state index contributed by atoms with van der Waals surface area (Å²) in [7, 11) is -3.53. The largest absolute Gasteiger partial charge is 0.486 e. The lowest BCUT2D eigenvalue weighted by atomic mass is 10.1. The van der Waals surface area contributed by atoms with Crippen LogP contribution in [0.25, 0.3) is 0 Å². The highest BCUT2D eigenvalue weighted by Crippen LogP contribution is 2.34. The molecular formula is C25H33N3O6S. The van der Waals surface area contributed by atoms with Gasteiger partial charge in [-0.05, 0) is 29.7 Å². The maximum absolute atomic E-state index is 12.5. The number of carbonyl (C=O) groups is 1. The van der Waals surface area contributed by atoms with Crippen molar-refractivity contribution in [3.63, 3.8) is 0 Å². The van der Waals surface area contributed by atoms with Crippen LogP contribution in [0.4, 0.5) is 5.69 Å². The topological polar surface area (TPSA) is 97.4 Å². The number of hydrogen-bond acceptors (Lipinski definition) is 7. The molecule has 10 heteroatoms. The van der Waals surface area contributed by atoms with Crippen LogP contribution in [0.3, 0.4) is 0 Å². The first-order valence-corrected chi connectivity index (χ1v) is 13.8. The highest BCUT2D eigenvalue weighted by atomic mass is 32.2. The number of nitrogens with one attached hydrogen (secondary N) is 1. The Morgan fingerprint density at radius 2 is 1.71 bits per heavy atom. The van der Waals surface area contributed by atoms with Crippen molar-refractivity contribution in [2.45, 2.75) is 25.9 Å². The van der Waals surface area contributed by atoms with Crippen molar-refractivity contribution in [1.82, 2.24) is 10.2 Å². The first kappa shape index (κ1) is 25.3. The number of rotatable bonds is 10. The van der Waals surface area contributed by atoms with E-state index in [2.05, 4.69) is 16.3 Å². The Bertz CT molecular complexity index is 1120. The van der Waals surface area contributed by atoms with E-state index in [-0.39, 0.29) is 18.9 Å². The van der Waals surface area contributed by atoms with Crippen LogP contribution in [0.15, 0.2) is 42.5 Å². The minimum atomic E-state index is -3.53. The molecule has 2 aliphatic heterocycles. The Morgan fingerprint density at radius 3 is 2.46 bits per heavy atom. The van der Waals surface area contributed by atoms with E-state index in [1.54, 1.807) is 18.2 Å². The molecule has 0 radical (unpaired) electrons. The lowest BCUT2D eigenvalue weighted by Gasteiger charge is -2.27. The molecule has 1 N–H and O–H groups in total.